The molecule has 0 aliphatic carbocycles. The maximum absolute atomic E-state index is 13.5. The predicted molar refractivity (Wildman–Crippen MR) is 486 cm³/mol. The highest BCUT2D eigenvalue weighted by Crippen LogP contribution is 2.42. The number of hydrogen-bond acceptors (Lipinski definition) is 21. The van der Waals surface area contributed by atoms with Gasteiger partial charge >= 0.3 is 6.18 Å². The summed E-state index contributed by atoms with van der Waals surface area (Å²) in [5.41, 5.74) is 4.63. The van der Waals surface area contributed by atoms with Crippen LogP contribution in [0.5, 0.6) is 5.75 Å². The topological polar surface area (TPSA) is 269 Å². The average Bonchev–Trinajstić information content (AvgIpc) is 1.41. The standard InChI is InChI=1S/C24H26N2O3S2.C23H24Cl2N4O3S.C21H23F3N2O3S2.C21H26N2O4S2/c27-24(19-9-14-31(28,29)15-10-19)26-12-11-25(17-22(26)23-6-3-13-30-23)21-8-7-18-4-1-2-5-20(18)16-21;24-17-12-19-20(13-18(17)25)27-23(26-19)28-8-9-29(21(14-28)15-4-2-1-3-5-15)22(30)16-6-10-33(31,32)11-7-16;22-21(23,24)16-3-1-4-17(13-16)25-8-9-26(18(14-25)19-5-2-10-30-19)20(27)15-6-11-31(28,29)12-7-15;1-27-18-5-2-4-17(14-18)22-9-10-23(19(15-22)20-6-3-11-28-20)21(24)16-7-12-29(25,26)13-8-16/h1-8,13,16,19,22H,9-12,14-15,17H2;1-5,12-13,16,21H,6-11,14H2,(H,26,27);1-5,10,13,15,18H,6-9,11-12,14H2;2-6,11,14,16,19H,7-10,12-13,15H2,1H3. The zero-order valence-corrected chi connectivity index (χ0v) is 75.6. The minimum absolute atomic E-state index is 0.00810. The van der Waals surface area contributed by atoms with E-state index in [1.54, 1.807) is 52.9 Å². The first-order chi connectivity index (χ1) is 59.4. The molecule has 8 aliphatic heterocycles. The number of fused-ring (bicyclic) bond motifs is 2. The first kappa shape index (κ1) is 90.0. The highest BCUT2D eigenvalue weighted by molar-refractivity contribution is 7.92. The lowest BCUT2D eigenvalue weighted by molar-refractivity contribution is -0.139. The van der Waals surface area contributed by atoms with E-state index in [9.17, 15) is 66.0 Å². The molecule has 0 bridgehead atoms. The van der Waals surface area contributed by atoms with Gasteiger partial charge in [0.2, 0.25) is 29.6 Å². The normalized spacial score (nSPS) is 22.1. The van der Waals surface area contributed by atoms with Gasteiger partial charge in [-0.3, -0.25) is 19.2 Å². The molecular formula is C89H99Cl2F3N10O13S7. The van der Waals surface area contributed by atoms with Gasteiger partial charge in [0.1, 0.15) is 45.1 Å². The van der Waals surface area contributed by atoms with Crippen LogP contribution in [0.1, 0.15) is 101 Å². The molecule has 8 aliphatic rings. The van der Waals surface area contributed by atoms with Gasteiger partial charge in [0, 0.05) is 140 Å². The highest BCUT2D eigenvalue weighted by Gasteiger charge is 2.44. The van der Waals surface area contributed by atoms with Crippen molar-refractivity contribution in [3.05, 3.63) is 222 Å². The number of aromatic nitrogens is 2. The summed E-state index contributed by atoms with van der Waals surface area (Å²) in [6, 6.07) is 53.2. The largest absolute Gasteiger partial charge is 0.497 e. The van der Waals surface area contributed by atoms with Crippen LogP contribution in [-0.4, -0.2) is 219 Å². The third-order valence-electron chi connectivity index (χ3n) is 24.9. The Balaban J connectivity index is 0.000000128. The molecule has 124 heavy (non-hydrogen) atoms. The minimum Gasteiger partial charge on any atom is -0.497 e. The number of thiophene rings is 3. The monoisotopic (exact) mass is 1870 g/mol. The first-order valence-corrected chi connectivity index (χ1v) is 52.4. The highest BCUT2D eigenvalue weighted by atomic mass is 35.5. The van der Waals surface area contributed by atoms with Crippen molar-refractivity contribution >= 4 is 165 Å². The molecule has 4 amide bonds. The zero-order valence-electron chi connectivity index (χ0n) is 68.4. The van der Waals surface area contributed by atoms with Gasteiger partial charge in [-0.05, 0) is 157 Å². The van der Waals surface area contributed by atoms with Crippen LogP contribution < -0.4 is 24.3 Å². The van der Waals surface area contributed by atoms with Crippen molar-refractivity contribution in [2.45, 2.75) is 81.7 Å². The minimum atomic E-state index is -4.41. The molecule has 0 saturated carbocycles. The van der Waals surface area contributed by atoms with E-state index in [0.717, 1.165) is 69.6 Å². The summed E-state index contributed by atoms with van der Waals surface area (Å²) in [5, 5.41) is 9.36. The van der Waals surface area contributed by atoms with Gasteiger partial charge in [-0.25, -0.2) is 38.7 Å². The maximum Gasteiger partial charge on any atom is 0.416 e. The van der Waals surface area contributed by atoms with E-state index in [0.29, 0.717) is 132 Å². The van der Waals surface area contributed by atoms with Crippen LogP contribution in [0.4, 0.5) is 36.2 Å². The van der Waals surface area contributed by atoms with Crippen LogP contribution in [-0.2, 0) is 64.7 Å². The number of anilines is 4. The predicted octanol–water partition coefficient (Wildman–Crippen LogP) is 15.2. The first-order valence-electron chi connectivity index (χ1n) is 41.7. The molecule has 23 nitrogen and oxygen atoms in total. The third kappa shape index (κ3) is 21.7. The van der Waals surface area contributed by atoms with E-state index in [4.69, 9.17) is 32.9 Å². The molecule has 8 fully saturated rings. The molecule has 35 heteroatoms. The number of carbonyl (C=O) groups is 4. The van der Waals surface area contributed by atoms with Crippen LogP contribution in [0, 0.1) is 23.7 Å². The Morgan fingerprint density at radius 2 is 0.782 bits per heavy atom. The maximum atomic E-state index is 13.5. The number of ether oxygens (including phenoxy) is 1. The van der Waals surface area contributed by atoms with Crippen molar-refractivity contribution in [1.82, 2.24) is 29.6 Å². The number of amides is 4. The van der Waals surface area contributed by atoms with Gasteiger partial charge in [0.25, 0.3) is 0 Å². The van der Waals surface area contributed by atoms with E-state index >= 15 is 0 Å². The van der Waals surface area contributed by atoms with Crippen LogP contribution in [0.15, 0.2) is 186 Å². The number of H-pyrrole nitrogens is 1. The Labute approximate surface area is 743 Å². The Kier molecular flexibility index (Phi) is 28.2. The SMILES string of the molecule is COc1cccc(N2CCN(C(=O)C3CCS(=O)(=O)CC3)C(c3cccs3)C2)c1.O=C(C1CCS(=O)(=O)CC1)N1CCN(c2ccc3ccccc3c2)CC1c1cccs1.O=C(C1CCS(=O)(=O)CC1)N1CCN(c2cccc(C(F)(F)F)c2)CC1c1cccs1.O=C(C1CCS(=O)(=O)CC1)N1CCN(c2nc3cc(Cl)c(Cl)cc3[nH]2)CC1c1ccccc1. The summed E-state index contributed by atoms with van der Waals surface area (Å²) in [6.07, 6.45) is -1.20. The number of alkyl halides is 3. The molecule has 18 rings (SSSR count). The quantitative estimate of drug-likeness (QED) is 0.112. The van der Waals surface area contributed by atoms with Gasteiger partial charge in [-0.1, -0.05) is 114 Å². The Hall–Kier alpha value is -8.80. The number of rotatable bonds is 13. The van der Waals surface area contributed by atoms with Gasteiger partial charge < -0.3 is 48.9 Å². The molecule has 4 atom stereocenters. The van der Waals surface area contributed by atoms with E-state index in [1.807, 2.05) is 103 Å². The molecule has 4 unspecified atom stereocenters. The number of imidazole rings is 1. The van der Waals surface area contributed by atoms with Crippen molar-refractivity contribution in [2.24, 2.45) is 23.7 Å². The van der Waals surface area contributed by atoms with Crippen LogP contribution >= 0.6 is 57.2 Å². The van der Waals surface area contributed by atoms with E-state index in [2.05, 4.69) is 85.7 Å². The second-order valence-electron chi connectivity index (χ2n) is 32.8. The van der Waals surface area contributed by atoms with Gasteiger partial charge in [-0.2, -0.15) is 13.2 Å². The lowest BCUT2D eigenvalue weighted by Crippen LogP contribution is -2.53. The van der Waals surface area contributed by atoms with Gasteiger partial charge in [0.15, 0.2) is 0 Å². The molecular weight excluding hydrogens is 1770 g/mol. The summed E-state index contributed by atoms with van der Waals surface area (Å²) in [7, 11) is -10.4. The number of benzene rings is 6. The Bertz CT molecular complexity index is 5830. The van der Waals surface area contributed by atoms with Gasteiger partial charge in [-0.15, -0.1) is 34.0 Å². The number of nitrogens with zero attached hydrogens (tertiary/aromatic N) is 9. The molecule has 6 aromatic carbocycles. The number of methoxy groups -OCH3 is 1. The lowest BCUT2D eigenvalue weighted by Gasteiger charge is -2.43. The van der Waals surface area contributed by atoms with Crippen LogP contribution in [0.2, 0.25) is 10.0 Å². The number of piperazine rings is 4. The zero-order chi connectivity index (χ0) is 87.2. The molecule has 10 aromatic rings. The summed E-state index contributed by atoms with van der Waals surface area (Å²) >= 11 is 17.2. The summed E-state index contributed by atoms with van der Waals surface area (Å²) in [4.78, 5) is 81.2. The lowest BCUT2D eigenvalue weighted by atomic mass is 9.96. The molecule has 0 spiro atoms. The van der Waals surface area contributed by atoms with Crippen LogP contribution in [0.25, 0.3) is 21.8 Å². The van der Waals surface area contributed by atoms with Crippen molar-refractivity contribution in [3.63, 3.8) is 0 Å². The molecule has 0 radical (unpaired) electrons. The Morgan fingerprint density at radius 3 is 1.20 bits per heavy atom. The second kappa shape index (κ2) is 38.8. The van der Waals surface area contributed by atoms with E-state index in [1.165, 1.54) is 38.7 Å². The number of nitrogens with one attached hydrogen (secondary N) is 1. The molecule has 8 saturated heterocycles. The third-order valence-corrected chi connectivity index (χ3v) is 35.4. The molecule has 660 valence electrons. The fourth-order valence-corrected chi connectivity index (χ4v) is 26.7. The summed E-state index contributed by atoms with van der Waals surface area (Å²) in [6.45, 7) is 7.14. The van der Waals surface area contributed by atoms with Gasteiger partial charge in [0.05, 0.1) is 104 Å². The summed E-state index contributed by atoms with van der Waals surface area (Å²) < 4.78 is 139. The molecule has 1 N–H and O–H groups in total. The number of aromatic amines is 1. The van der Waals surface area contributed by atoms with E-state index in [-0.39, 0.29) is 117 Å². The smallest absolute Gasteiger partial charge is 0.416 e. The second-order valence-corrected chi connectivity index (χ2v) is 45.7. The molecule has 12 heterocycles. The fourth-order valence-electron chi connectivity index (χ4n) is 17.9. The number of hydrogen-bond donors (Lipinski definition) is 1. The average molecular weight is 1870 g/mol. The van der Waals surface area contributed by atoms with Crippen molar-refractivity contribution < 1.29 is 70.8 Å². The fraction of sp³-hybridized carbons (Fsp3) is 0.427. The van der Waals surface area contributed by atoms with Crippen molar-refractivity contribution in [2.75, 3.05) is 151 Å². The van der Waals surface area contributed by atoms with E-state index < -0.39 is 51.1 Å². The number of carbonyl (C=O) groups excluding carboxylic acids is 4. The summed E-state index contributed by atoms with van der Waals surface area (Å²) in [5.74, 6) is 1.50. The van der Waals surface area contributed by atoms with Crippen molar-refractivity contribution in [1.29, 1.82) is 0 Å². The van der Waals surface area contributed by atoms with Crippen molar-refractivity contribution in [3.8, 4) is 5.75 Å². The molecule has 4 aromatic heterocycles. The number of sulfone groups is 4. The Morgan fingerprint density at radius 1 is 0.403 bits per heavy atom. The van der Waals surface area contributed by atoms with Crippen LogP contribution in [0.3, 0.4) is 0 Å². The number of halogens is 5.